The van der Waals surface area contributed by atoms with Crippen molar-refractivity contribution in [3.8, 4) is 5.75 Å². The van der Waals surface area contributed by atoms with Crippen LogP contribution in [0.5, 0.6) is 5.75 Å². The van der Waals surface area contributed by atoms with E-state index in [-0.39, 0.29) is 10.9 Å². The Morgan fingerprint density at radius 2 is 1.94 bits per heavy atom. The maximum absolute atomic E-state index is 11.2. The fourth-order valence-corrected chi connectivity index (χ4v) is 1.64. The van der Waals surface area contributed by atoms with Crippen LogP contribution in [-0.2, 0) is 4.79 Å². The van der Waals surface area contributed by atoms with Gasteiger partial charge >= 0.3 is 5.97 Å². The Morgan fingerprint density at radius 3 is 2.56 bits per heavy atom. The molecule has 5 heteroatoms. The van der Waals surface area contributed by atoms with E-state index in [1.165, 1.54) is 6.20 Å². The lowest BCUT2D eigenvalue weighted by molar-refractivity contribution is -0.145. The molecule has 0 fully saturated rings. The van der Waals surface area contributed by atoms with Crippen LogP contribution < -0.4 is 4.74 Å². The molecule has 0 saturated carbocycles. The van der Waals surface area contributed by atoms with Gasteiger partial charge in [0, 0.05) is 11.8 Å². The molecule has 0 bridgehead atoms. The average Bonchev–Trinajstić information content (AvgIpc) is 2.38. The SMILES string of the molecule is O=C(O)C(Oc1cccnc1Cl)c1ccccc1. The van der Waals surface area contributed by atoms with Crippen molar-refractivity contribution in [3.05, 3.63) is 59.4 Å². The van der Waals surface area contributed by atoms with Gasteiger partial charge in [-0.05, 0) is 12.1 Å². The number of pyridine rings is 1. The topological polar surface area (TPSA) is 59.4 Å². The second-order valence-electron chi connectivity index (χ2n) is 3.54. The average molecular weight is 264 g/mol. The van der Waals surface area contributed by atoms with E-state index < -0.39 is 12.1 Å². The highest BCUT2D eigenvalue weighted by molar-refractivity contribution is 6.30. The van der Waals surface area contributed by atoms with E-state index in [1.807, 2.05) is 0 Å². The van der Waals surface area contributed by atoms with Crippen molar-refractivity contribution in [3.63, 3.8) is 0 Å². The minimum atomic E-state index is -1.10. The van der Waals surface area contributed by atoms with Gasteiger partial charge in [-0.2, -0.15) is 0 Å². The Balaban J connectivity index is 2.28. The first kappa shape index (κ1) is 12.4. The van der Waals surface area contributed by atoms with E-state index >= 15 is 0 Å². The molecule has 0 aliphatic heterocycles. The van der Waals surface area contributed by atoms with Crippen LogP contribution in [0, 0.1) is 0 Å². The Kier molecular flexibility index (Phi) is 3.79. The maximum Gasteiger partial charge on any atom is 0.349 e. The Bertz CT molecular complexity index is 545. The Morgan fingerprint density at radius 1 is 1.22 bits per heavy atom. The molecule has 1 aromatic heterocycles. The summed E-state index contributed by atoms with van der Waals surface area (Å²) in [6.07, 6.45) is 0.404. The first-order chi connectivity index (χ1) is 8.68. The van der Waals surface area contributed by atoms with Gasteiger partial charge in [-0.15, -0.1) is 0 Å². The Hall–Kier alpha value is -2.07. The number of halogens is 1. The van der Waals surface area contributed by atoms with Gasteiger partial charge in [-0.3, -0.25) is 0 Å². The second kappa shape index (κ2) is 5.51. The van der Waals surface area contributed by atoms with Crippen LogP contribution in [0.2, 0.25) is 5.15 Å². The van der Waals surface area contributed by atoms with Crippen molar-refractivity contribution >= 4 is 17.6 Å². The number of nitrogens with zero attached hydrogens (tertiary/aromatic N) is 1. The number of aromatic nitrogens is 1. The van der Waals surface area contributed by atoms with Gasteiger partial charge in [0.05, 0.1) is 0 Å². The molecular weight excluding hydrogens is 254 g/mol. The molecule has 92 valence electrons. The highest BCUT2D eigenvalue weighted by Gasteiger charge is 2.22. The number of rotatable bonds is 4. The number of benzene rings is 1. The molecule has 1 N–H and O–H groups in total. The van der Waals surface area contributed by atoms with E-state index in [4.69, 9.17) is 16.3 Å². The minimum absolute atomic E-state index is 0.139. The van der Waals surface area contributed by atoms with Crippen LogP contribution >= 0.6 is 11.6 Å². The van der Waals surface area contributed by atoms with Crippen molar-refractivity contribution in [2.45, 2.75) is 6.10 Å². The van der Waals surface area contributed by atoms with Crippen LogP contribution in [0.25, 0.3) is 0 Å². The zero-order valence-electron chi connectivity index (χ0n) is 9.29. The molecule has 1 heterocycles. The number of carboxylic acids is 1. The van der Waals surface area contributed by atoms with Crippen molar-refractivity contribution in [2.75, 3.05) is 0 Å². The number of ether oxygens (including phenoxy) is 1. The van der Waals surface area contributed by atoms with E-state index in [2.05, 4.69) is 4.98 Å². The van der Waals surface area contributed by atoms with Crippen molar-refractivity contribution in [1.29, 1.82) is 0 Å². The van der Waals surface area contributed by atoms with Gasteiger partial charge in [-0.1, -0.05) is 41.9 Å². The smallest absolute Gasteiger partial charge is 0.349 e. The van der Waals surface area contributed by atoms with Crippen molar-refractivity contribution < 1.29 is 14.6 Å². The minimum Gasteiger partial charge on any atom is -0.478 e. The van der Waals surface area contributed by atoms with Crippen LogP contribution in [0.15, 0.2) is 48.7 Å². The number of carbonyl (C=O) groups is 1. The van der Waals surface area contributed by atoms with Crippen LogP contribution in [0.4, 0.5) is 0 Å². The molecule has 0 spiro atoms. The summed E-state index contributed by atoms with van der Waals surface area (Å²) in [5.74, 6) is -0.837. The van der Waals surface area contributed by atoms with Crippen LogP contribution in [0.3, 0.4) is 0 Å². The fourth-order valence-electron chi connectivity index (χ4n) is 1.48. The summed E-state index contributed by atoms with van der Waals surface area (Å²) in [5, 5.41) is 9.33. The number of aliphatic carboxylic acids is 1. The molecule has 0 amide bonds. The lowest BCUT2D eigenvalue weighted by Gasteiger charge is -2.15. The molecule has 4 nitrogen and oxygen atoms in total. The van der Waals surface area contributed by atoms with Gasteiger partial charge in [0.2, 0.25) is 6.10 Å². The molecular formula is C13H10ClNO3. The largest absolute Gasteiger partial charge is 0.478 e. The van der Waals surface area contributed by atoms with E-state index in [1.54, 1.807) is 42.5 Å². The third-order valence-corrected chi connectivity index (χ3v) is 2.58. The first-order valence-electron chi connectivity index (χ1n) is 5.23. The monoisotopic (exact) mass is 263 g/mol. The molecule has 2 aromatic rings. The third-order valence-electron chi connectivity index (χ3n) is 2.30. The molecule has 0 saturated heterocycles. The third kappa shape index (κ3) is 2.78. The second-order valence-corrected chi connectivity index (χ2v) is 3.90. The lowest BCUT2D eigenvalue weighted by Crippen LogP contribution is -2.18. The van der Waals surface area contributed by atoms with E-state index in [0.29, 0.717) is 5.56 Å². The summed E-state index contributed by atoms with van der Waals surface area (Å²) >= 11 is 5.83. The quantitative estimate of drug-likeness (QED) is 0.862. The highest BCUT2D eigenvalue weighted by atomic mass is 35.5. The first-order valence-corrected chi connectivity index (χ1v) is 5.61. The molecule has 18 heavy (non-hydrogen) atoms. The number of carboxylic acid groups (broad SMARTS) is 1. The number of hydrogen-bond acceptors (Lipinski definition) is 3. The van der Waals surface area contributed by atoms with Crippen LogP contribution in [0.1, 0.15) is 11.7 Å². The van der Waals surface area contributed by atoms with Gasteiger partial charge in [0.1, 0.15) is 0 Å². The van der Waals surface area contributed by atoms with E-state index in [9.17, 15) is 9.90 Å². The summed E-state index contributed by atoms with van der Waals surface area (Å²) in [6, 6.07) is 11.9. The summed E-state index contributed by atoms with van der Waals surface area (Å²) in [5.41, 5.74) is 0.546. The molecule has 0 aliphatic rings. The summed E-state index contributed by atoms with van der Waals surface area (Å²) < 4.78 is 5.40. The summed E-state index contributed by atoms with van der Waals surface area (Å²) in [6.45, 7) is 0. The Labute approximate surface area is 109 Å². The normalized spacial score (nSPS) is 11.8. The highest BCUT2D eigenvalue weighted by Crippen LogP contribution is 2.27. The zero-order chi connectivity index (χ0) is 13.0. The van der Waals surface area contributed by atoms with E-state index in [0.717, 1.165) is 0 Å². The molecule has 0 aliphatic carbocycles. The predicted octanol–water partition coefficient (Wildman–Crippen LogP) is 2.94. The number of hydrogen-bond donors (Lipinski definition) is 1. The maximum atomic E-state index is 11.2. The molecule has 1 atom stereocenters. The standard InChI is InChI=1S/C13H10ClNO3/c14-12-10(7-4-8-15-12)18-11(13(16)17)9-5-2-1-3-6-9/h1-8,11H,(H,16,17). The van der Waals surface area contributed by atoms with Crippen molar-refractivity contribution in [2.24, 2.45) is 0 Å². The van der Waals surface area contributed by atoms with Gasteiger partial charge < -0.3 is 9.84 Å². The van der Waals surface area contributed by atoms with Gasteiger partial charge in [0.25, 0.3) is 0 Å². The fraction of sp³-hybridized carbons (Fsp3) is 0.0769. The molecule has 0 radical (unpaired) electrons. The zero-order valence-corrected chi connectivity index (χ0v) is 10.0. The van der Waals surface area contributed by atoms with Crippen molar-refractivity contribution in [1.82, 2.24) is 4.98 Å². The molecule has 1 unspecified atom stereocenters. The lowest BCUT2D eigenvalue weighted by atomic mass is 10.1. The summed E-state index contributed by atoms with van der Waals surface area (Å²) in [4.78, 5) is 15.1. The predicted molar refractivity (Wildman–Crippen MR) is 66.7 cm³/mol. The molecule has 1 aromatic carbocycles. The van der Waals surface area contributed by atoms with Gasteiger partial charge in [-0.25, -0.2) is 9.78 Å². The van der Waals surface area contributed by atoms with Gasteiger partial charge in [0.15, 0.2) is 10.9 Å². The summed E-state index contributed by atoms with van der Waals surface area (Å²) in [7, 11) is 0. The van der Waals surface area contributed by atoms with Crippen LogP contribution in [-0.4, -0.2) is 16.1 Å². The molecule has 2 rings (SSSR count).